The zero-order valence-electron chi connectivity index (χ0n) is 15.5. The summed E-state index contributed by atoms with van der Waals surface area (Å²) in [7, 11) is -3.53. The van der Waals surface area contributed by atoms with E-state index in [-0.39, 0.29) is 5.75 Å². The quantitative estimate of drug-likeness (QED) is 0.343. The molecule has 0 aliphatic rings. The van der Waals surface area contributed by atoms with Gasteiger partial charge in [-0.05, 0) is 47.4 Å². The summed E-state index contributed by atoms with van der Waals surface area (Å²) in [4.78, 5) is 0. The van der Waals surface area contributed by atoms with Crippen LogP contribution in [0.25, 0.3) is 0 Å². The van der Waals surface area contributed by atoms with Crippen molar-refractivity contribution in [3.63, 3.8) is 0 Å². The van der Waals surface area contributed by atoms with Gasteiger partial charge < -0.3 is 4.18 Å². The molecule has 0 aliphatic carbocycles. The molecule has 0 atom stereocenters. The number of aromatic nitrogens is 2. The van der Waals surface area contributed by atoms with Gasteiger partial charge in [-0.15, -0.1) is 10.2 Å². The minimum absolute atomic E-state index is 0.258. The average Bonchev–Trinajstić information content (AvgIpc) is 3.10. The van der Waals surface area contributed by atoms with E-state index in [9.17, 15) is 8.42 Å². The van der Waals surface area contributed by atoms with Gasteiger partial charge in [0.2, 0.25) is 5.13 Å². The molecular weight excluding hydrogens is 396 g/mol. The molecule has 9 heteroatoms. The fourth-order valence-corrected chi connectivity index (χ4v) is 3.57. The Hall–Kier alpha value is -2.78. The van der Waals surface area contributed by atoms with E-state index >= 15 is 0 Å². The van der Waals surface area contributed by atoms with Gasteiger partial charge in [-0.25, -0.2) is 0 Å². The minimum atomic E-state index is -3.53. The fourth-order valence-electron chi connectivity index (χ4n) is 2.38. The van der Waals surface area contributed by atoms with E-state index in [1.54, 1.807) is 30.5 Å². The normalized spacial score (nSPS) is 11.6. The molecule has 3 rings (SSSR count). The summed E-state index contributed by atoms with van der Waals surface area (Å²) in [6, 6.07) is 15.0. The molecule has 0 fully saturated rings. The number of nitrogens with zero attached hydrogens (tertiary/aromatic N) is 3. The van der Waals surface area contributed by atoms with Crippen molar-refractivity contribution in [1.82, 2.24) is 10.2 Å². The van der Waals surface area contributed by atoms with E-state index in [1.165, 1.54) is 22.5 Å². The first-order valence-corrected chi connectivity index (χ1v) is 11.2. The molecule has 0 unspecified atom stereocenters. The number of rotatable bonds is 8. The Kier molecular flexibility index (Phi) is 6.37. The summed E-state index contributed by atoms with van der Waals surface area (Å²) < 4.78 is 27.0. The second-order valence-electron chi connectivity index (χ2n) is 6.07. The van der Waals surface area contributed by atoms with Gasteiger partial charge in [0.25, 0.3) is 0 Å². The Bertz CT molecular complexity index is 1040. The third-order valence-corrected chi connectivity index (χ3v) is 5.08. The lowest BCUT2D eigenvalue weighted by Crippen LogP contribution is -2.05. The van der Waals surface area contributed by atoms with Crippen molar-refractivity contribution in [3.8, 4) is 5.75 Å². The molecule has 7 nitrogen and oxygen atoms in total. The maximum Gasteiger partial charge on any atom is 0.306 e. The summed E-state index contributed by atoms with van der Waals surface area (Å²) >= 11 is 1.45. The van der Waals surface area contributed by atoms with Crippen LogP contribution in [-0.2, 0) is 23.0 Å². The number of hydrogen-bond acceptors (Lipinski definition) is 8. The van der Waals surface area contributed by atoms with Gasteiger partial charge in [0.1, 0.15) is 10.8 Å². The second-order valence-corrected chi connectivity index (χ2v) is 8.71. The van der Waals surface area contributed by atoms with Crippen LogP contribution in [-0.4, -0.2) is 31.1 Å². The van der Waals surface area contributed by atoms with Crippen LogP contribution in [0.1, 0.15) is 28.6 Å². The van der Waals surface area contributed by atoms with Crippen LogP contribution in [0.5, 0.6) is 5.75 Å². The molecule has 0 radical (unpaired) electrons. The van der Waals surface area contributed by atoms with Gasteiger partial charge in [-0.1, -0.05) is 42.5 Å². The van der Waals surface area contributed by atoms with Crippen LogP contribution in [0.4, 0.5) is 5.13 Å². The molecule has 28 heavy (non-hydrogen) atoms. The predicted octanol–water partition coefficient (Wildman–Crippen LogP) is 3.48. The molecule has 0 saturated heterocycles. The van der Waals surface area contributed by atoms with Gasteiger partial charge >= 0.3 is 10.1 Å². The first kappa shape index (κ1) is 20.0. The number of hydrazone groups is 1. The van der Waals surface area contributed by atoms with Crippen molar-refractivity contribution >= 4 is 32.8 Å². The zero-order valence-corrected chi connectivity index (χ0v) is 17.1. The highest BCUT2D eigenvalue weighted by atomic mass is 32.2. The summed E-state index contributed by atoms with van der Waals surface area (Å²) in [5, 5.41) is 13.9. The van der Waals surface area contributed by atoms with Gasteiger partial charge in [0.15, 0.2) is 0 Å². The number of nitrogens with one attached hydrogen (secondary N) is 1. The molecule has 0 aliphatic heterocycles. The van der Waals surface area contributed by atoms with E-state index in [0.717, 1.165) is 29.7 Å². The maximum atomic E-state index is 11.1. The molecule has 3 aromatic rings. The van der Waals surface area contributed by atoms with Crippen LogP contribution >= 0.6 is 11.3 Å². The van der Waals surface area contributed by atoms with Crippen molar-refractivity contribution in [2.45, 2.75) is 19.8 Å². The highest BCUT2D eigenvalue weighted by Gasteiger charge is 2.05. The first-order chi connectivity index (χ1) is 13.4. The van der Waals surface area contributed by atoms with Gasteiger partial charge in [-0.3, -0.25) is 5.43 Å². The minimum Gasteiger partial charge on any atom is -0.383 e. The van der Waals surface area contributed by atoms with Crippen LogP contribution < -0.4 is 9.61 Å². The van der Waals surface area contributed by atoms with E-state index < -0.39 is 10.1 Å². The lowest BCUT2D eigenvalue weighted by Gasteiger charge is -2.02. The van der Waals surface area contributed by atoms with Crippen molar-refractivity contribution in [1.29, 1.82) is 0 Å². The predicted molar refractivity (Wildman–Crippen MR) is 112 cm³/mol. The molecule has 1 N–H and O–H groups in total. The van der Waals surface area contributed by atoms with Crippen molar-refractivity contribution in [2.75, 3.05) is 11.7 Å². The van der Waals surface area contributed by atoms with Gasteiger partial charge in [-0.2, -0.15) is 13.5 Å². The highest BCUT2D eigenvalue weighted by Crippen LogP contribution is 2.19. The third kappa shape index (κ3) is 6.14. The summed E-state index contributed by atoms with van der Waals surface area (Å²) in [6.45, 7) is 2.13. The van der Waals surface area contributed by atoms with Crippen molar-refractivity contribution in [2.24, 2.45) is 5.10 Å². The fraction of sp³-hybridized carbons (Fsp3) is 0.211. The van der Waals surface area contributed by atoms with E-state index in [4.69, 9.17) is 4.18 Å². The lowest BCUT2D eigenvalue weighted by molar-refractivity contribution is 0.493. The third-order valence-electron chi connectivity index (χ3n) is 3.75. The largest absolute Gasteiger partial charge is 0.383 e. The lowest BCUT2D eigenvalue weighted by atomic mass is 10.1. The first-order valence-electron chi connectivity index (χ1n) is 8.60. The Morgan fingerprint density at radius 2 is 1.75 bits per heavy atom. The second kappa shape index (κ2) is 8.94. The molecule has 1 aromatic heterocycles. The maximum absolute atomic E-state index is 11.1. The summed E-state index contributed by atoms with van der Waals surface area (Å²) in [5.74, 6) is 0.258. The number of hydrogen-bond donors (Lipinski definition) is 1. The molecule has 0 bridgehead atoms. The molecule has 0 saturated carbocycles. The summed E-state index contributed by atoms with van der Waals surface area (Å²) in [5.41, 5.74) is 6.15. The Balaban J connectivity index is 1.54. The van der Waals surface area contributed by atoms with E-state index in [1.807, 2.05) is 0 Å². The molecular formula is C19H20N4O3S2. The van der Waals surface area contributed by atoms with Crippen LogP contribution in [0.15, 0.2) is 53.6 Å². The van der Waals surface area contributed by atoms with E-state index in [0.29, 0.717) is 5.13 Å². The average molecular weight is 417 g/mol. The topological polar surface area (TPSA) is 93.5 Å². The Morgan fingerprint density at radius 3 is 2.39 bits per heavy atom. The SMILES string of the molecule is CCc1ccc(Cc2nnc(NN=Cc3ccc(OS(C)(=O)=O)cc3)s2)cc1. The van der Waals surface area contributed by atoms with Crippen LogP contribution in [0.3, 0.4) is 0 Å². The number of benzene rings is 2. The van der Waals surface area contributed by atoms with Crippen LogP contribution in [0.2, 0.25) is 0 Å². The molecule has 0 spiro atoms. The van der Waals surface area contributed by atoms with Gasteiger partial charge in [0, 0.05) is 6.42 Å². The van der Waals surface area contributed by atoms with Gasteiger partial charge in [0.05, 0.1) is 12.5 Å². The molecule has 1 heterocycles. The summed E-state index contributed by atoms with van der Waals surface area (Å²) in [6.07, 6.45) is 4.37. The van der Waals surface area contributed by atoms with E-state index in [2.05, 4.69) is 51.9 Å². The zero-order chi connectivity index (χ0) is 20.0. The molecule has 0 amide bonds. The van der Waals surface area contributed by atoms with Crippen molar-refractivity contribution < 1.29 is 12.6 Å². The molecule has 2 aromatic carbocycles. The Labute approximate surface area is 168 Å². The standard InChI is InChI=1S/C19H20N4O3S2/c1-3-14-4-6-15(7-5-14)12-18-21-23-19(27-18)22-20-13-16-8-10-17(11-9-16)26-28(2,24)25/h4-11,13H,3,12H2,1-2H3,(H,22,23). The smallest absolute Gasteiger partial charge is 0.306 e. The van der Waals surface area contributed by atoms with Crippen LogP contribution in [0, 0.1) is 0 Å². The highest BCUT2D eigenvalue weighted by molar-refractivity contribution is 7.86. The van der Waals surface area contributed by atoms with Crippen molar-refractivity contribution in [3.05, 3.63) is 70.2 Å². The Morgan fingerprint density at radius 1 is 1.07 bits per heavy atom. The number of anilines is 1. The molecule has 146 valence electrons. The number of aryl methyl sites for hydroxylation is 1. The monoisotopic (exact) mass is 416 g/mol.